The number of allylic oxidation sites excluding steroid dienone is 1. The van der Waals surface area contributed by atoms with Gasteiger partial charge in [-0.2, -0.15) is 0 Å². The number of ether oxygens (including phenoxy) is 1. The van der Waals surface area contributed by atoms with Crippen LogP contribution in [0.5, 0.6) is 0 Å². The molecule has 1 spiro atoms. The molecule has 1 aliphatic heterocycles. The molecule has 1 fully saturated rings. The summed E-state index contributed by atoms with van der Waals surface area (Å²) in [5.74, 6) is -0.801. The number of nitrogens with zero attached hydrogens (tertiary/aromatic N) is 2. The molecule has 7 heteroatoms. The third-order valence-electron chi connectivity index (χ3n) is 6.97. The van der Waals surface area contributed by atoms with Crippen LogP contribution in [0, 0.1) is 5.92 Å². The molecule has 6 nitrogen and oxygen atoms in total. The average molecular weight is 476 g/mol. The summed E-state index contributed by atoms with van der Waals surface area (Å²) in [6.45, 7) is 6.41. The van der Waals surface area contributed by atoms with Crippen LogP contribution in [0.4, 0.5) is 5.69 Å². The highest BCUT2D eigenvalue weighted by molar-refractivity contribution is 7.21. The lowest BCUT2D eigenvalue weighted by molar-refractivity contribution is -0.118. The Bertz CT molecular complexity index is 1290. The Kier molecular flexibility index (Phi) is 6.00. The number of piperidine rings is 1. The van der Waals surface area contributed by atoms with Crippen LogP contribution in [-0.2, 0) is 21.5 Å². The van der Waals surface area contributed by atoms with Crippen molar-refractivity contribution in [1.82, 2.24) is 9.88 Å². The van der Waals surface area contributed by atoms with Crippen LogP contribution in [0.3, 0.4) is 0 Å². The Labute approximate surface area is 203 Å². The van der Waals surface area contributed by atoms with Gasteiger partial charge in [-0.15, -0.1) is 11.3 Å². The predicted molar refractivity (Wildman–Crippen MR) is 136 cm³/mol. The van der Waals surface area contributed by atoms with E-state index >= 15 is 0 Å². The molecule has 1 amide bonds. The number of benzene rings is 1. The predicted octanol–water partition coefficient (Wildman–Crippen LogP) is 5.24. The Morgan fingerprint density at radius 1 is 1.18 bits per heavy atom. The topological polar surface area (TPSA) is 71.5 Å². The zero-order valence-electron chi connectivity index (χ0n) is 19.8. The van der Waals surface area contributed by atoms with Gasteiger partial charge in [-0.25, -0.2) is 9.78 Å². The second-order valence-electron chi connectivity index (χ2n) is 9.45. The Balaban J connectivity index is 1.34. The molecule has 34 heavy (non-hydrogen) atoms. The number of rotatable bonds is 5. The average Bonchev–Trinajstić information content (AvgIpc) is 3.38. The molecule has 0 unspecified atom stereocenters. The first-order valence-electron chi connectivity index (χ1n) is 11.7. The molecule has 0 saturated carbocycles. The van der Waals surface area contributed by atoms with Crippen LogP contribution in [0.2, 0.25) is 0 Å². The highest BCUT2D eigenvalue weighted by atomic mass is 32.1. The summed E-state index contributed by atoms with van der Waals surface area (Å²) in [5, 5.41) is 3.67. The van der Waals surface area contributed by atoms with Crippen molar-refractivity contribution < 1.29 is 14.3 Å². The molecule has 1 aliphatic carbocycles. The number of anilines is 1. The van der Waals surface area contributed by atoms with E-state index in [0.717, 1.165) is 48.4 Å². The maximum absolute atomic E-state index is 12.4. The van der Waals surface area contributed by atoms with Crippen molar-refractivity contribution >= 4 is 45.2 Å². The summed E-state index contributed by atoms with van der Waals surface area (Å²) in [6.07, 6.45) is 6.86. The van der Waals surface area contributed by atoms with E-state index in [0.29, 0.717) is 10.6 Å². The summed E-state index contributed by atoms with van der Waals surface area (Å²) >= 11 is 1.27. The minimum Gasteiger partial charge on any atom is -0.465 e. The van der Waals surface area contributed by atoms with Crippen molar-refractivity contribution in [3.8, 4) is 0 Å². The van der Waals surface area contributed by atoms with E-state index in [4.69, 9.17) is 9.72 Å². The van der Waals surface area contributed by atoms with Gasteiger partial charge in [0.15, 0.2) is 0 Å². The summed E-state index contributed by atoms with van der Waals surface area (Å²) < 4.78 is 4.95. The quantitative estimate of drug-likeness (QED) is 0.511. The monoisotopic (exact) mass is 475 g/mol. The number of carbonyl (C=O) groups excluding carboxylic acids is 2. The number of nitrogens with one attached hydrogen (secondary N) is 1. The van der Waals surface area contributed by atoms with Crippen LogP contribution in [0.15, 0.2) is 42.5 Å². The van der Waals surface area contributed by atoms with Gasteiger partial charge < -0.3 is 10.1 Å². The Hall–Kier alpha value is -3.03. The van der Waals surface area contributed by atoms with Gasteiger partial charge in [-0.05, 0) is 49.2 Å². The molecule has 2 aliphatic rings. The zero-order chi connectivity index (χ0) is 23.9. The SMILES string of the molecule is COC(=O)c1sc2nc(CN3CCC4(C=Cc5ccccc54)CC3)ccc2c1NC(=O)C(C)C. The Morgan fingerprint density at radius 3 is 2.68 bits per heavy atom. The summed E-state index contributed by atoms with van der Waals surface area (Å²) in [7, 11) is 1.35. The van der Waals surface area contributed by atoms with E-state index in [9.17, 15) is 9.59 Å². The van der Waals surface area contributed by atoms with Crippen molar-refractivity contribution in [3.05, 3.63) is 64.2 Å². The van der Waals surface area contributed by atoms with Gasteiger partial charge >= 0.3 is 5.97 Å². The van der Waals surface area contributed by atoms with Gasteiger partial charge in [0.1, 0.15) is 9.71 Å². The first kappa shape index (κ1) is 22.7. The molecule has 2 aromatic heterocycles. The van der Waals surface area contributed by atoms with Crippen molar-refractivity contribution in [1.29, 1.82) is 0 Å². The van der Waals surface area contributed by atoms with E-state index in [-0.39, 0.29) is 17.2 Å². The second-order valence-corrected chi connectivity index (χ2v) is 10.4. The number of hydrogen-bond acceptors (Lipinski definition) is 6. The van der Waals surface area contributed by atoms with E-state index in [1.165, 1.54) is 29.6 Å². The lowest BCUT2D eigenvalue weighted by Crippen LogP contribution is -2.40. The van der Waals surface area contributed by atoms with Crippen molar-refractivity contribution in [2.45, 2.75) is 38.6 Å². The highest BCUT2D eigenvalue weighted by Crippen LogP contribution is 2.44. The van der Waals surface area contributed by atoms with Crippen LogP contribution in [-0.4, -0.2) is 42.0 Å². The first-order chi connectivity index (χ1) is 16.4. The fourth-order valence-electron chi connectivity index (χ4n) is 4.94. The molecule has 0 atom stereocenters. The highest BCUT2D eigenvalue weighted by Gasteiger charge is 2.37. The molecule has 1 saturated heterocycles. The third-order valence-corrected chi connectivity index (χ3v) is 8.05. The lowest BCUT2D eigenvalue weighted by Gasteiger charge is -2.39. The van der Waals surface area contributed by atoms with Crippen LogP contribution in [0.1, 0.15) is 53.2 Å². The fourth-order valence-corrected chi connectivity index (χ4v) is 6.01. The van der Waals surface area contributed by atoms with E-state index in [1.54, 1.807) is 0 Å². The minimum absolute atomic E-state index is 0.140. The number of fused-ring (bicyclic) bond motifs is 3. The summed E-state index contributed by atoms with van der Waals surface area (Å²) in [4.78, 5) is 33.1. The van der Waals surface area contributed by atoms with Gasteiger partial charge in [0.25, 0.3) is 0 Å². The third kappa shape index (κ3) is 4.03. The van der Waals surface area contributed by atoms with E-state index < -0.39 is 5.97 Å². The zero-order valence-corrected chi connectivity index (χ0v) is 20.6. The minimum atomic E-state index is -0.463. The van der Waals surface area contributed by atoms with Crippen LogP contribution < -0.4 is 5.32 Å². The van der Waals surface area contributed by atoms with Crippen molar-refractivity contribution in [3.63, 3.8) is 0 Å². The molecule has 5 rings (SSSR count). The number of hydrogen-bond donors (Lipinski definition) is 1. The Morgan fingerprint density at radius 2 is 1.94 bits per heavy atom. The van der Waals surface area contributed by atoms with Gasteiger partial charge in [-0.3, -0.25) is 9.69 Å². The summed E-state index contributed by atoms with van der Waals surface area (Å²) in [5.41, 5.74) is 4.43. The first-order valence-corrected chi connectivity index (χ1v) is 12.5. The smallest absolute Gasteiger partial charge is 0.350 e. The largest absolute Gasteiger partial charge is 0.465 e. The van der Waals surface area contributed by atoms with E-state index in [2.05, 4.69) is 46.6 Å². The normalized spacial score (nSPS) is 16.8. The molecule has 3 heterocycles. The van der Waals surface area contributed by atoms with Crippen LogP contribution in [0.25, 0.3) is 16.3 Å². The van der Waals surface area contributed by atoms with E-state index in [1.807, 2.05) is 26.0 Å². The summed E-state index contributed by atoms with van der Waals surface area (Å²) in [6, 6.07) is 12.7. The lowest BCUT2D eigenvalue weighted by atomic mass is 9.74. The van der Waals surface area contributed by atoms with Crippen LogP contribution >= 0.6 is 11.3 Å². The molecule has 0 radical (unpaired) electrons. The van der Waals surface area contributed by atoms with Gasteiger partial charge in [0, 0.05) is 23.3 Å². The standard InChI is InChI=1S/C27H29N3O3S/c1-17(2)24(31)29-22-20-9-8-19(28-25(20)34-23(22)26(32)33-3)16-30-14-12-27(13-15-30)11-10-18-6-4-5-7-21(18)27/h4-11,17H,12-16H2,1-3H3,(H,29,31). The molecule has 176 valence electrons. The molecule has 0 bridgehead atoms. The molecule has 3 aromatic rings. The number of pyridine rings is 1. The number of carbonyl (C=O) groups is 2. The number of methoxy groups -OCH3 is 1. The number of thiophene rings is 1. The number of likely N-dealkylation sites (tertiary alicyclic amines) is 1. The van der Waals surface area contributed by atoms with Gasteiger partial charge in [0.2, 0.25) is 5.91 Å². The van der Waals surface area contributed by atoms with Crippen molar-refractivity contribution in [2.24, 2.45) is 5.92 Å². The number of amides is 1. The number of aromatic nitrogens is 1. The van der Waals surface area contributed by atoms with Crippen molar-refractivity contribution in [2.75, 3.05) is 25.5 Å². The molecular weight excluding hydrogens is 446 g/mol. The van der Waals surface area contributed by atoms with Gasteiger partial charge in [-0.1, -0.05) is 50.3 Å². The van der Waals surface area contributed by atoms with Gasteiger partial charge in [0.05, 0.1) is 18.5 Å². The maximum Gasteiger partial charge on any atom is 0.350 e. The number of esters is 1. The second kappa shape index (κ2) is 8.96. The fraction of sp³-hybridized carbons (Fsp3) is 0.370. The molecular formula is C27H29N3O3S. The molecule has 1 aromatic carbocycles. The molecule has 1 N–H and O–H groups in total. The maximum atomic E-state index is 12.4.